The lowest BCUT2D eigenvalue weighted by molar-refractivity contribution is 0.0609. The zero-order valence-corrected chi connectivity index (χ0v) is 20.3. The molecule has 2 aromatic heterocycles. The van der Waals surface area contributed by atoms with E-state index in [9.17, 15) is 4.55 Å². The predicted molar refractivity (Wildman–Crippen MR) is 132 cm³/mol. The summed E-state index contributed by atoms with van der Waals surface area (Å²) in [6.07, 6.45) is 2.49. The molecule has 2 heterocycles. The molecule has 0 amide bonds. The van der Waals surface area contributed by atoms with E-state index in [2.05, 4.69) is 9.97 Å². The Bertz CT molecular complexity index is 1200. The summed E-state index contributed by atoms with van der Waals surface area (Å²) >= 11 is -1.42. The van der Waals surface area contributed by atoms with Crippen LogP contribution >= 0.6 is 0 Å². The van der Waals surface area contributed by atoms with Crippen LogP contribution in [-0.4, -0.2) is 39.4 Å². The summed E-state index contributed by atoms with van der Waals surface area (Å²) in [6, 6.07) is 19.6. The second-order valence-corrected chi connectivity index (χ2v) is 9.18. The fourth-order valence-electron chi connectivity index (χ4n) is 3.62. The largest absolute Gasteiger partial charge is 0.609 e. The van der Waals surface area contributed by atoms with Gasteiger partial charge in [0, 0.05) is 43.1 Å². The number of nitrogens with zero attached hydrogens (tertiary/aromatic N) is 3. The summed E-state index contributed by atoms with van der Waals surface area (Å²) in [5, 5.41) is 0.474. The molecule has 0 radical (unpaired) electrons. The maximum absolute atomic E-state index is 13.5. The normalized spacial score (nSPS) is 12.2. The minimum Gasteiger partial charge on any atom is -0.609 e. The number of methoxy groups -OCH3 is 1. The van der Waals surface area contributed by atoms with Gasteiger partial charge in [-0.2, -0.15) is 4.98 Å². The average molecular weight is 480 g/mol. The molecule has 7 nitrogen and oxygen atoms in total. The molecule has 4 rings (SSSR count). The summed E-state index contributed by atoms with van der Waals surface area (Å²) in [7, 11) is 1.67. The number of rotatable bonds is 12. The number of para-hydroxylation sites is 2. The van der Waals surface area contributed by atoms with Gasteiger partial charge in [-0.1, -0.05) is 42.5 Å². The van der Waals surface area contributed by atoms with E-state index >= 15 is 0 Å². The van der Waals surface area contributed by atoms with E-state index in [1.54, 1.807) is 13.3 Å². The second-order valence-electron chi connectivity index (χ2n) is 7.84. The Morgan fingerprint density at radius 1 is 1.00 bits per heavy atom. The zero-order chi connectivity index (χ0) is 23.8. The Kier molecular flexibility index (Phi) is 8.54. The monoisotopic (exact) mass is 479 g/mol. The molecule has 2 aromatic carbocycles. The van der Waals surface area contributed by atoms with Gasteiger partial charge in [0.1, 0.15) is 12.5 Å². The zero-order valence-electron chi connectivity index (χ0n) is 19.5. The van der Waals surface area contributed by atoms with Gasteiger partial charge >= 0.3 is 5.16 Å². The van der Waals surface area contributed by atoms with Gasteiger partial charge in [0.2, 0.25) is 0 Å². The molecule has 0 bridgehead atoms. The van der Waals surface area contributed by atoms with E-state index in [0.717, 1.165) is 40.0 Å². The van der Waals surface area contributed by atoms with Crippen LogP contribution in [0.4, 0.5) is 0 Å². The Morgan fingerprint density at radius 2 is 1.79 bits per heavy atom. The van der Waals surface area contributed by atoms with Crippen LogP contribution < -0.4 is 4.74 Å². The third-order valence-corrected chi connectivity index (χ3v) is 6.69. The van der Waals surface area contributed by atoms with E-state index in [4.69, 9.17) is 14.2 Å². The van der Waals surface area contributed by atoms with Crippen LogP contribution in [0.3, 0.4) is 0 Å². The second kappa shape index (κ2) is 12.0. The minimum absolute atomic E-state index is 0.239. The minimum atomic E-state index is -1.42. The van der Waals surface area contributed by atoms with Crippen molar-refractivity contribution >= 4 is 22.2 Å². The number of fused-ring (bicyclic) bond motifs is 1. The van der Waals surface area contributed by atoms with Gasteiger partial charge in [-0.15, -0.1) is 0 Å². The first-order valence-electron chi connectivity index (χ1n) is 11.2. The first-order chi connectivity index (χ1) is 16.7. The number of imidazole rings is 1. The van der Waals surface area contributed by atoms with Gasteiger partial charge < -0.3 is 18.8 Å². The fraction of sp³-hybridized carbons (Fsp3) is 0.308. The quantitative estimate of drug-likeness (QED) is 0.218. The molecular weight excluding hydrogens is 450 g/mol. The molecule has 0 aliphatic rings. The number of aromatic nitrogens is 3. The molecular formula is C26H29N3O4S. The van der Waals surface area contributed by atoms with Crippen molar-refractivity contribution < 1.29 is 18.8 Å². The molecule has 0 saturated carbocycles. The lowest BCUT2D eigenvalue weighted by atomic mass is 10.2. The molecule has 0 aliphatic carbocycles. The van der Waals surface area contributed by atoms with Crippen LogP contribution in [-0.2, 0) is 39.7 Å². The standard InChI is InChI=1S/C26H29N3O4S/c1-20-23(27-14-13-25(20)33-16-8-15-31-2)18-34(30)26-28-22-11-6-7-12-24(22)29(26)19-32-17-21-9-4-3-5-10-21/h3-7,9-14H,8,15-19H2,1-2H3. The molecule has 4 aromatic rings. The van der Waals surface area contributed by atoms with Crippen LogP contribution in [0.2, 0.25) is 0 Å². The first kappa shape index (κ1) is 24.2. The van der Waals surface area contributed by atoms with Gasteiger partial charge in [-0.3, -0.25) is 9.55 Å². The molecule has 34 heavy (non-hydrogen) atoms. The van der Waals surface area contributed by atoms with E-state index < -0.39 is 11.2 Å². The molecule has 0 spiro atoms. The molecule has 178 valence electrons. The smallest absolute Gasteiger partial charge is 0.326 e. The predicted octanol–water partition coefficient (Wildman–Crippen LogP) is 4.64. The van der Waals surface area contributed by atoms with E-state index in [0.29, 0.717) is 25.0 Å². The number of hydrogen-bond acceptors (Lipinski definition) is 6. The molecule has 0 aliphatic heterocycles. The Morgan fingerprint density at radius 3 is 2.62 bits per heavy atom. The molecule has 0 N–H and O–H groups in total. The van der Waals surface area contributed by atoms with Crippen LogP contribution in [0.5, 0.6) is 5.75 Å². The van der Waals surface area contributed by atoms with Crippen LogP contribution in [0.1, 0.15) is 23.2 Å². The van der Waals surface area contributed by atoms with Gasteiger partial charge in [-0.05, 0) is 30.7 Å². The average Bonchev–Trinajstić information content (AvgIpc) is 3.23. The van der Waals surface area contributed by atoms with Crippen molar-refractivity contribution in [1.29, 1.82) is 0 Å². The van der Waals surface area contributed by atoms with Crippen molar-refractivity contribution in [3.8, 4) is 5.75 Å². The van der Waals surface area contributed by atoms with Crippen LogP contribution in [0.25, 0.3) is 11.0 Å². The van der Waals surface area contributed by atoms with E-state index in [-0.39, 0.29) is 12.5 Å². The maximum atomic E-state index is 13.5. The van der Waals surface area contributed by atoms with Gasteiger partial charge in [-0.25, -0.2) is 0 Å². The summed E-state index contributed by atoms with van der Waals surface area (Å²) < 4.78 is 32.3. The van der Waals surface area contributed by atoms with Crippen molar-refractivity contribution in [2.45, 2.75) is 37.6 Å². The van der Waals surface area contributed by atoms with Gasteiger partial charge in [0.15, 0.2) is 5.75 Å². The summed E-state index contributed by atoms with van der Waals surface area (Å²) in [5.41, 5.74) is 4.37. The van der Waals surface area contributed by atoms with Crippen molar-refractivity contribution in [2.75, 3.05) is 20.3 Å². The van der Waals surface area contributed by atoms with Crippen molar-refractivity contribution in [2.24, 2.45) is 0 Å². The SMILES string of the molecule is COCCCOc1ccnc(C[S+]([O-])c2nc3ccccc3n2COCc2ccccc2)c1C. The third-order valence-electron chi connectivity index (χ3n) is 5.43. The number of hydrogen-bond donors (Lipinski definition) is 0. The molecule has 0 fully saturated rings. The number of pyridine rings is 1. The van der Waals surface area contributed by atoms with Gasteiger partial charge in [0.05, 0.1) is 29.9 Å². The van der Waals surface area contributed by atoms with Gasteiger partial charge in [0.25, 0.3) is 0 Å². The lowest BCUT2D eigenvalue weighted by Crippen LogP contribution is -2.16. The highest BCUT2D eigenvalue weighted by molar-refractivity contribution is 7.90. The topological polar surface area (TPSA) is 81.5 Å². The van der Waals surface area contributed by atoms with E-state index in [1.165, 1.54) is 0 Å². The first-order valence-corrected chi connectivity index (χ1v) is 12.5. The van der Waals surface area contributed by atoms with Crippen LogP contribution in [0, 0.1) is 6.92 Å². The summed E-state index contributed by atoms with van der Waals surface area (Å²) in [5.74, 6) is 0.987. The molecule has 0 saturated heterocycles. The Hall–Kier alpha value is -2.91. The molecule has 1 unspecified atom stereocenters. The Labute approximate surface area is 202 Å². The molecule has 1 atom stereocenters. The highest BCUT2D eigenvalue weighted by Gasteiger charge is 2.24. The number of benzene rings is 2. The van der Waals surface area contributed by atoms with Crippen LogP contribution in [0.15, 0.2) is 72.0 Å². The Balaban J connectivity index is 1.51. The van der Waals surface area contributed by atoms with Crippen molar-refractivity contribution in [3.05, 3.63) is 83.7 Å². The lowest BCUT2D eigenvalue weighted by Gasteiger charge is -2.15. The summed E-state index contributed by atoms with van der Waals surface area (Å²) in [6.45, 7) is 3.85. The molecule has 8 heteroatoms. The summed E-state index contributed by atoms with van der Waals surface area (Å²) in [4.78, 5) is 9.13. The van der Waals surface area contributed by atoms with E-state index in [1.807, 2.05) is 72.2 Å². The highest BCUT2D eigenvalue weighted by atomic mass is 32.2. The highest BCUT2D eigenvalue weighted by Crippen LogP contribution is 2.26. The number of ether oxygens (including phenoxy) is 3. The maximum Gasteiger partial charge on any atom is 0.326 e. The van der Waals surface area contributed by atoms with Crippen molar-refractivity contribution in [1.82, 2.24) is 14.5 Å². The van der Waals surface area contributed by atoms with Crippen molar-refractivity contribution in [3.63, 3.8) is 0 Å². The fourth-order valence-corrected chi connectivity index (χ4v) is 4.88. The third kappa shape index (κ3) is 5.95.